The fourth-order valence-corrected chi connectivity index (χ4v) is 1.64. The fraction of sp³-hybridized carbons (Fsp3) is 0.176. The molecule has 0 aliphatic heterocycles. The van der Waals surface area contributed by atoms with Crippen molar-refractivity contribution < 1.29 is 14.3 Å². The van der Waals surface area contributed by atoms with Crippen LogP contribution in [-0.2, 0) is 0 Å². The Labute approximate surface area is 129 Å². The number of nitrogens with zero attached hydrogens (tertiary/aromatic N) is 2. The lowest BCUT2D eigenvalue weighted by atomic mass is 10.2. The summed E-state index contributed by atoms with van der Waals surface area (Å²) in [6.45, 7) is 0.103. The number of aldehydes is 1. The highest BCUT2D eigenvalue weighted by Crippen LogP contribution is 2.14. The molecule has 2 aromatic carbocycles. The molecule has 0 amide bonds. The zero-order valence-electron chi connectivity index (χ0n) is 12.6. The molecule has 0 radical (unpaired) electrons. The van der Waals surface area contributed by atoms with Crippen LogP contribution >= 0.6 is 0 Å². The number of benzene rings is 2. The van der Waals surface area contributed by atoms with Gasteiger partial charge in [0, 0.05) is 19.7 Å². The smallest absolute Gasteiger partial charge is 0.230 e. The number of hydrogen-bond donors (Lipinski definition) is 0. The Balaban J connectivity index is 1.82. The Kier molecular flexibility index (Phi) is 5.54. The van der Waals surface area contributed by atoms with E-state index < -0.39 is 0 Å². The molecule has 5 nitrogen and oxygen atoms in total. The first-order valence-corrected chi connectivity index (χ1v) is 6.79. The van der Waals surface area contributed by atoms with Crippen LogP contribution in [0.2, 0.25) is 0 Å². The molecule has 0 atom stereocenters. The van der Waals surface area contributed by atoms with Gasteiger partial charge in [-0.3, -0.25) is 4.79 Å². The molecule has 2 aromatic rings. The molecule has 0 fully saturated rings. The van der Waals surface area contributed by atoms with Crippen molar-refractivity contribution in [1.82, 2.24) is 5.01 Å². The van der Waals surface area contributed by atoms with Crippen LogP contribution in [-0.4, -0.2) is 38.4 Å². The van der Waals surface area contributed by atoms with E-state index in [-0.39, 0.29) is 6.79 Å². The second kappa shape index (κ2) is 7.83. The van der Waals surface area contributed by atoms with Crippen LogP contribution in [0.3, 0.4) is 0 Å². The molecule has 0 saturated carbocycles. The summed E-state index contributed by atoms with van der Waals surface area (Å²) in [4.78, 5) is 10.6. The molecular weight excluding hydrogens is 280 g/mol. The Hall–Kier alpha value is -2.82. The first kappa shape index (κ1) is 15.6. The van der Waals surface area contributed by atoms with Crippen LogP contribution in [0.1, 0.15) is 15.9 Å². The van der Waals surface area contributed by atoms with Gasteiger partial charge in [-0.1, -0.05) is 0 Å². The zero-order valence-corrected chi connectivity index (χ0v) is 12.6. The Morgan fingerprint density at radius 2 is 1.41 bits per heavy atom. The van der Waals surface area contributed by atoms with E-state index in [1.807, 2.05) is 38.4 Å². The number of carbonyl (C=O) groups is 1. The van der Waals surface area contributed by atoms with Gasteiger partial charge in [0.15, 0.2) is 0 Å². The summed E-state index contributed by atoms with van der Waals surface area (Å²) in [5, 5.41) is 5.89. The summed E-state index contributed by atoms with van der Waals surface area (Å²) < 4.78 is 10.9. The van der Waals surface area contributed by atoms with E-state index in [1.54, 1.807) is 35.5 Å². The molecule has 0 aliphatic rings. The lowest BCUT2D eigenvalue weighted by molar-refractivity contribution is 0.112. The molecule has 0 unspecified atom stereocenters. The summed E-state index contributed by atoms with van der Waals surface area (Å²) in [5.74, 6) is 1.37. The highest BCUT2D eigenvalue weighted by molar-refractivity contribution is 5.79. The third kappa shape index (κ3) is 4.94. The van der Waals surface area contributed by atoms with Gasteiger partial charge in [0.25, 0.3) is 0 Å². The van der Waals surface area contributed by atoms with Gasteiger partial charge in [0.1, 0.15) is 17.8 Å². The summed E-state index contributed by atoms with van der Waals surface area (Å²) in [7, 11) is 3.74. The molecule has 22 heavy (non-hydrogen) atoms. The minimum absolute atomic E-state index is 0.103. The van der Waals surface area contributed by atoms with Crippen LogP contribution in [0.15, 0.2) is 53.6 Å². The maximum atomic E-state index is 10.6. The van der Waals surface area contributed by atoms with Gasteiger partial charge >= 0.3 is 0 Å². The minimum Gasteiger partial charge on any atom is -0.458 e. The van der Waals surface area contributed by atoms with Crippen molar-refractivity contribution in [3.63, 3.8) is 0 Å². The average Bonchev–Trinajstić information content (AvgIpc) is 2.55. The lowest BCUT2D eigenvalue weighted by Crippen LogP contribution is -2.05. The normalized spacial score (nSPS) is 10.5. The highest BCUT2D eigenvalue weighted by Gasteiger charge is 1.97. The second-order valence-corrected chi connectivity index (χ2v) is 4.75. The maximum Gasteiger partial charge on any atom is 0.230 e. The van der Waals surface area contributed by atoms with Crippen molar-refractivity contribution in [3.05, 3.63) is 59.7 Å². The number of hydrazone groups is 1. The van der Waals surface area contributed by atoms with Crippen LogP contribution in [0.4, 0.5) is 0 Å². The van der Waals surface area contributed by atoms with E-state index in [4.69, 9.17) is 9.47 Å². The van der Waals surface area contributed by atoms with Crippen molar-refractivity contribution in [2.45, 2.75) is 0 Å². The molecule has 2 rings (SSSR count). The van der Waals surface area contributed by atoms with Gasteiger partial charge in [-0.2, -0.15) is 5.10 Å². The summed E-state index contributed by atoms with van der Waals surface area (Å²) in [5.41, 5.74) is 1.61. The van der Waals surface area contributed by atoms with Crippen LogP contribution in [0, 0.1) is 0 Å². The van der Waals surface area contributed by atoms with Crippen LogP contribution < -0.4 is 9.47 Å². The molecular formula is C17H18N2O3. The number of carbonyl (C=O) groups excluding carboxylic acids is 1. The van der Waals surface area contributed by atoms with Crippen molar-refractivity contribution in [2.75, 3.05) is 20.9 Å². The lowest BCUT2D eigenvalue weighted by Gasteiger charge is -2.09. The van der Waals surface area contributed by atoms with Crippen LogP contribution in [0.5, 0.6) is 11.5 Å². The van der Waals surface area contributed by atoms with E-state index in [0.717, 1.165) is 11.8 Å². The van der Waals surface area contributed by atoms with Gasteiger partial charge < -0.3 is 14.5 Å². The Bertz CT molecular complexity index is 619. The van der Waals surface area contributed by atoms with E-state index in [0.29, 0.717) is 17.1 Å². The second-order valence-electron chi connectivity index (χ2n) is 4.75. The highest BCUT2D eigenvalue weighted by atomic mass is 16.7. The summed E-state index contributed by atoms with van der Waals surface area (Å²) >= 11 is 0. The van der Waals surface area contributed by atoms with Crippen molar-refractivity contribution in [2.24, 2.45) is 5.10 Å². The minimum atomic E-state index is 0.103. The first-order chi connectivity index (χ1) is 10.7. The third-order valence-corrected chi connectivity index (χ3v) is 2.79. The monoisotopic (exact) mass is 298 g/mol. The zero-order chi connectivity index (χ0) is 15.8. The van der Waals surface area contributed by atoms with Gasteiger partial charge in [-0.15, -0.1) is 0 Å². The standard InChI is InChI=1S/C17H18N2O3/c1-19(2)18-11-14-3-7-16(8-4-14)21-13-22-17-9-5-15(12-20)6-10-17/h3-12H,13H2,1-2H3/b18-11+. The quantitative estimate of drug-likeness (QED) is 0.341. The molecule has 0 spiro atoms. The first-order valence-electron chi connectivity index (χ1n) is 6.79. The molecule has 114 valence electrons. The topological polar surface area (TPSA) is 51.1 Å². The molecule has 0 aliphatic carbocycles. The fourth-order valence-electron chi connectivity index (χ4n) is 1.64. The van der Waals surface area contributed by atoms with Gasteiger partial charge in [-0.05, 0) is 54.1 Å². The van der Waals surface area contributed by atoms with Gasteiger partial charge in [0.2, 0.25) is 6.79 Å². The summed E-state index contributed by atoms with van der Waals surface area (Å²) in [6, 6.07) is 14.4. The molecule has 0 aromatic heterocycles. The van der Waals surface area contributed by atoms with E-state index in [1.165, 1.54) is 0 Å². The largest absolute Gasteiger partial charge is 0.458 e. The van der Waals surface area contributed by atoms with E-state index in [9.17, 15) is 4.79 Å². The molecule has 0 N–H and O–H groups in total. The summed E-state index contributed by atoms with van der Waals surface area (Å²) in [6.07, 6.45) is 2.57. The molecule has 0 bridgehead atoms. The van der Waals surface area contributed by atoms with Crippen LogP contribution in [0.25, 0.3) is 0 Å². The molecule has 0 saturated heterocycles. The molecule has 0 heterocycles. The molecule has 5 heteroatoms. The Morgan fingerprint density at radius 3 is 1.86 bits per heavy atom. The SMILES string of the molecule is CN(C)/N=C/c1ccc(OCOc2ccc(C=O)cc2)cc1. The average molecular weight is 298 g/mol. The predicted molar refractivity (Wildman–Crippen MR) is 85.7 cm³/mol. The predicted octanol–water partition coefficient (Wildman–Crippen LogP) is 2.81. The third-order valence-electron chi connectivity index (χ3n) is 2.79. The maximum absolute atomic E-state index is 10.6. The van der Waals surface area contributed by atoms with Gasteiger partial charge in [-0.25, -0.2) is 0 Å². The van der Waals surface area contributed by atoms with Crippen molar-refractivity contribution in [3.8, 4) is 11.5 Å². The van der Waals surface area contributed by atoms with Gasteiger partial charge in [0.05, 0.1) is 6.21 Å². The number of ether oxygens (including phenoxy) is 2. The Morgan fingerprint density at radius 1 is 0.909 bits per heavy atom. The van der Waals surface area contributed by atoms with Crippen molar-refractivity contribution >= 4 is 12.5 Å². The van der Waals surface area contributed by atoms with E-state index in [2.05, 4.69) is 5.10 Å². The van der Waals surface area contributed by atoms with Crippen molar-refractivity contribution in [1.29, 1.82) is 0 Å². The van der Waals surface area contributed by atoms with E-state index >= 15 is 0 Å². The number of rotatable bonds is 7. The number of hydrogen-bond acceptors (Lipinski definition) is 5.